The Kier molecular flexibility index (Phi) is 10.1. The molecule has 3 rings (SSSR count). The van der Waals surface area contributed by atoms with Gasteiger partial charge in [0.15, 0.2) is 5.96 Å². The van der Waals surface area contributed by atoms with Gasteiger partial charge >= 0.3 is 0 Å². The first kappa shape index (κ1) is 25.0. The predicted octanol–water partition coefficient (Wildman–Crippen LogP) is 4.11. The standard InChI is InChI=1S/C24H31N3O3.HI/c1-4-25-24(27-14-12-19(13-15-27)18-8-6-5-7-9-18)26-17-22(28)21-16-20(29-2)10-11-23(21)30-3;/h5-12,16,22,28H,4,13-15,17H2,1-3H3,(H,25,26);1H. The van der Waals surface area contributed by atoms with E-state index in [2.05, 4.69) is 40.6 Å². The van der Waals surface area contributed by atoms with Crippen molar-refractivity contribution < 1.29 is 14.6 Å². The molecule has 1 heterocycles. The van der Waals surface area contributed by atoms with Crippen molar-refractivity contribution in [2.24, 2.45) is 4.99 Å². The summed E-state index contributed by atoms with van der Waals surface area (Å²) in [5.41, 5.74) is 3.31. The van der Waals surface area contributed by atoms with Crippen molar-refractivity contribution in [3.63, 3.8) is 0 Å². The Hall–Kier alpha value is -2.26. The van der Waals surface area contributed by atoms with E-state index in [1.54, 1.807) is 26.4 Å². The van der Waals surface area contributed by atoms with Gasteiger partial charge in [-0.1, -0.05) is 36.4 Å². The lowest BCUT2D eigenvalue weighted by atomic mass is 10.00. The molecule has 1 unspecified atom stereocenters. The van der Waals surface area contributed by atoms with Gasteiger partial charge in [-0.3, -0.25) is 4.99 Å². The molecule has 1 atom stereocenters. The van der Waals surface area contributed by atoms with Crippen molar-refractivity contribution in [3.05, 3.63) is 65.7 Å². The van der Waals surface area contributed by atoms with Crippen LogP contribution in [0.15, 0.2) is 59.6 Å². The number of guanidine groups is 1. The van der Waals surface area contributed by atoms with Gasteiger partial charge in [0.2, 0.25) is 0 Å². The second kappa shape index (κ2) is 12.6. The SMILES string of the molecule is CCNC(=NCC(O)c1cc(OC)ccc1OC)N1CC=C(c2ccccc2)CC1.I. The monoisotopic (exact) mass is 537 g/mol. The number of halogens is 1. The van der Waals surface area contributed by atoms with Crippen LogP contribution in [-0.4, -0.2) is 56.4 Å². The smallest absolute Gasteiger partial charge is 0.194 e. The van der Waals surface area contributed by atoms with Crippen molar-refractivity contribution >= 4 is 35.5 Å². The molecule has 2 aromatic rings. The Bertz CT molecular complexity index is 887. The van der Waals surface area contributed by atoms with Crippen molar-refractivity contribution in [1.82, 2.24) is 10.2 Å². The molecule has 0 saturated heterocycles. The highest BCUT2D eigenvalue weighted by Crippen LogP contribution is 2.29. The summed E-state index contributed by atoms with van der Waals surface area (Å²) in [6.07, 6.45) is 2.43. The van der Waals surface area contributed by atoms with Crippen LogP contribution in [0.4, 0.5) is 0 Å². The summed E-state index contributed by atoms with van der Waals surface area (Å²) in [4.78, 5) is 6.91. The number of nitrogens with one attached hydrogen (secondary N) is 1. The lowest BCUT2D eigenvalue weighted by Crippen LogP contribution is -2.43. The fourth-order valence-electron chi connectivity index (χ4n) is 3.57. The van der Waals surface area contributed by atoms with Gasteiger partial charge in [-0.2, -0.15) is 0 Å². The van der Waals surface area contributed by atoms with Crippen molar-refractivity contribution in [2.75, 3.05) is 40.4 Å². The largest absolute Gasteiger partial charge is 0.497 e. The topological polar surface area (TPSA) is 66.3 Å². The maximum Gasteiger partial charge on any atom is 0.194 e. The molecule has 0 bridgehead atoms. The molecule has 7 heteroatoms. The number of methoxy groups -OCH3 is 2. The molecule has 6 nitrogen and oxygen atoms in total. The van der Waals surface area contributed by atoms with Crippen LogP contribution in [0.5, 0.6) is 11.5 Å². The van der Waals surface area contributed by atoms with E-state index in [0.29, 0.717) is 17.1 Å². The van der Waals surface area contributed by atoms with E-state index in [-0.39, 0.29) is 30.5 Å². The Morgan fingerprint density at radius 1 is 1.16 bits per heavy atom. The van der Waals surface area contributed by atoms with Crippen LogP contribution in [0.1, 0.15) is 30.6 Å². The van der Waals surface area contributed by atoms with Crippen molar-refractivity contribution in [2.45, 2.75) is 19.4 Å². The molecule has 0 amide bonds. The normalized spacial score (nSPS) is 14.9. The highest BCUT2D eigenvalue weighted by molar-refractivity contribution is 14.0. The van der Waals surface area contributed by atoms with E-state index in [4.69, 9.17) is 14.5 Å². The number of rotatable bonds is 7. The first-order chi connectivity index (χ1) is 14.7. The van der Waals surface area contributed by atoms with E-state index < -0.39 is 6.10 Å². The third-order valence-corrected chi connectivity index (χ3v) is 5.20. The highest BCUT2D eigenvalue weighted by Gasteiger charge is 2.18. The molecule has 2 aromatic carbocycles. The molecule has 0 aliphatic carbocycles. The minimum Gasteiger partial charge on any atom is -0.497 e. The Morgan fingerprint density at radius 3 is 2.55 bits per heavy atom. The molecular formula is C24H32IN3O3. The highest BCUT2D eigenvalue weighted by atomic mass is 127. The van der Waals surface area contributed by atoms with Crippen LogP contribution in [0.3, 0.4) is 0 Å². The Morgan fingerprint density at radius 2 is 1.94 bits per heavy atom. The number of ether oxygens (including phenoxy) is 2. The first-order valence-electron chi connectivity index (χ1n) is 10.3. The van der Waals surface area contributed by atoms with E-state index in [9.17, 15) is 5.11 Å². The quantitative estimate of drug-likeness (QED) is 0.316. The number of nitrogens with zero attached hydrogens (tertiary/aromatic N) is 2. The number of aliphatic hydroxyl groups is 1. The van der Waals surface area contributed by atoms with Gasteiger partial charge in [0.25, 0.3) is 0 Å². The van der Waals surface area contributed by atoms with Crippen LogP contribution in [0.2, 0.25) is 0 Å². The molecule has 1 aliphatic heterocycles. The molecule has 0 radical (unpaired) electrons. The van der Waals surface area contributed by atoms with Gasteiger partial charge < -0.3 is 24.8 Å². The zero-order valence-electron chi connectivity index (χ0n) is 18.4. The maximum atomic E-state index is 10.8. The molecule has 0 aromatic heterocycles. The number of aliphatic imine (C=N–C) groups is 1. The van der Waals surface area contributed by atoms with Crippen LogP contribution in [0, 0.1) is 0 Å². The van der Waals surface area contributed by atoms with Gasteiger partial charge in [0.05, 0.1) is 20.8 Å². The van der Waals surface area contributed by atoms with E-state index in [1.807, 2.05) is 19.1 Å². The summed E-state index contributed by atoms with van der Waals surface area (Å²) in [5, 5.41) is 14.1. The summed E-state index contributed by atoms with van der Waals surface area (Å²) in [6, 6.07) is 15.9. The molecule has 0 saturated carbocycles. The van der Waals surface area contributed by atoms with E-state index in [1.165, 1.54) is 11.1 Å². The lowest BCUT2D eigenvalue weighted by Gasteiger charge is -2.30. The van der Waals surface area contributed by atoms with Crippen molar-refractivity contribution in [1.29, 1.82) is 0 Å². The second-order valence-electron chi connectivity index (χ2n) is 7.11. The number of hydrogen-bond donors (Lipinski definition) is 2. The minimum atomic E-state index is -0.788. The van der Waals surface area contributed by atoms with Crippen LogP contribution in [0.25, 0.3) is 5.57 Å². The summed E-state index contributed by atoms with van der Waals surface area (Å²) >= 11 is 0. The molecular weight excluding hydrogens is 505 g/mol. The van der Waals surface area contributed by atoms with Gasteiger partial charge in [0.1, 0.15) is 17.6 Å². The lowest BCUT2D eigenvalue weighted by molar-refractivity contribution is 0.181. The maximum absolute atomic E-state index is 10.8. The average molecular weight is 537 g/mol. The zero-order valence-corrected chi connectivity index (χ0v) is 20.7. The van der Waals surface area contributed by atoms with E-state index in [0.717, 1.165) is 32.0 Å². The number of benzene rings is 2. The van der Waals surface area contributed by atoms with Gasteiger partial charge in [-0.25, -0.2) is 0 Å². The van der Waals surface area contributed by atoms with Gasteiger partial charge in [0, 0.05) is 25.2 Å². The van der Waals surface area contributed by atoms with Crippen LogP contribution >= 0.6 is 24.0 Å². The molecule has 168 valence electrons. The molecule has 0 spiro atoms. The van der Waals surface area contributed by atoms with Crippen molar-refractivity contribution in [3.8, 4) is 11.5 Å². The molecule has 31 heavy (non-hydrogen) atoms. The zero-order chi connectivity index (χ0) is 21.3. The summed E-state index contributed by atoms with van der Waals surface area (Å²) in [7, 11) is 3.20. The summed E-state index contributed by atoms with van der Waals surface area (Å²) in [5.74, 6) is 2.11. The first-order valence-corrected chi connectivity index (χ1v) is 10.3. The fourth-order valence-corrected chi connectivity index (χ4v) is 3.57. The summed E-state index contributed by atoms with van der Waals surface area (Å²) in [6.45, 7) is 4.72. The third kappa shape index (κ3) is 6.61. The molecule has 1 aliphatic rings. The molecule has 2 N–H and O–H groups in total. The van der Waals surface area contributed by atoms with Gasteiger partial charge in [-0.15, -0.1) is 24.0 Å². The minimum absolute atomic E-state index is 0. The summed E-state index contributed by atoms with van der Waals surface area (Å²) < 4.78 is 10.7. The van der Waals surface area contributed by atoms with E-state index >= 15 is 0 Å². The second-order valence-corrected chi connectivity index (χ2v) is 7.11. The number of aliphatic hydroxyl groups excluding tert-OH is 1. The Labute approximate surface area is 202 Å². The van der Waals surface area contributed by atoms with Crippen LogP contribution in [-0.2, 0) is 0 Å². The molecule has 0 fully saturated rings. The van der Waals surface area contributed by atoms with Crippen LogP contribution < -0.4 is 14.8 Å². The number of hydrogen-bond acceptors (Lipinski definition) is 4. The predicted molar refractivity (Wildman–Crippen MR) is 137 cm³/mol. The fraction of sp³-hybridized carbons (Fsp3) is 0.375. The average Bonchev–Trinajstić information content (AvgIpc) is 2.81. The van der Waals surface area contributed by atoms with Gasteiger partial charge in [-0.05, 0) is 42.7 Å². The third-order valence-electron chi connectivity index (χ3n) is 5.20. The Balaban J connectivity index is 0.00000341.